The molecule has 0 radical (unpaired) electrons. The highest BCUT2D eigenvalue weighted by molar-refractivity contribution is 5.72. The van der Waals surface area contributed by atoms with Gasteiger partial charge >= 0.3 is 0 Å². The van der Waals surface area contributed by atoms with Crippen LogP contribution in [0, 0.1) is 5.41 Å². The summed E-state index contributed by atoms with van der Waals surface area (Å²) in [5, 5.41) is 12.4. The SMILES string of the molecule is CCCCC/C=C/CCCC(CCC/C=C/CCCCC)(CCC/C=C/CCCCC)C(=O)[O-]. The number of carboxylic acid groups (broad SMARTS) is 1. The van der Waals surface area contributed by atoms with E-state index in [-0.39, 0.29) is 0 Å². The van der Waals surface area contributed by atoms with Crippen molar-refractivity contribution in [2.45, 2.75) is 156 Å². The minimum absolute atomic E-state index is 0.665. The van der Waals surface area contributed by atoms with E-state index in [9.17, 15) is 9.90 Å². The minimum Gasteiger partial charge on any atom is -0.550 e. The summed E-state index contributed by atoms with van der Waals surface area (Å²) in [4.78, 5) is 12.4. The van der Waals surface area contributed by atoms with Crippen molar-refractivity contribution >= 4 is 5.97 Å². The van der Waals surface area contributed by atoms with E-state index < -0.39 is 11.4 Å². The Hall–Kier alpha value is -1.31. The molecule has 34 heavy (non-hydrogen) atoms. The maximum Gasteiger partial charge on any atom is 0.0476 e. The lowest BCUT2D eigenvalue weighted by molar-refractivity contribution is -0.320. The first-order chi connectivity index (χ1) is 16.6. The second-order valence-electron chi connectivity index (χ2n) is 10.1. The van der Waals surface area contributed by atoms with E-state index in [1.807, 2.05) is 0 Å². The largest absolute Gasteiger partial charge is 0.550 e. The van der Waals surface area contributed by atoms with Crippen molar-refractivity contribution in [2.24, 2.45) is 5.41 Å². The molecule has 2 heteroatoms. The summed E-state index contributed by atoms with van der Waals surface area (Å²) in [5.41, 5.74) is -0.665. The molecule has 0 N–H and O–H groups in total. The normalized spacial score (nSPS) is 12.6. The van der Waals surface area contributed by atoms with E-state index in [1.54, 1.807) is 0 Å². The summed E-state index contributed by atoms with van der Waals surface area (Å²) in [6.07, 6.45) is 36.5. The van der Waals surface area contributed by atoms with Crippen LogP contribution in [0.1, 0.15) is 156 Å². The standard InChI is InChI=1S/C32H58O2/c1-4-7-10-13-16-19-22-25-28-32(31(33)34,29-26-23-20-17-14-11-8-5-2)30-27-24-21-18-15-12-9-6-3/h16-21H,4-15,22-30H2,1-3H3,(H,33,34)/p-1/b19-16+,20-17+,21-18+. The molecule has 0 aromatic rings. The van der Waals surface area contributed by atoms with E-state index in [2.05, 4.69) is 57.2 Å². The van der Waals surface area contributed by atoms with Gasteiger partial charge in [0.1, 0.15) is 0 Å². The third kappa shape index (κ3) is 19.0. The molecule has 0 aliphatic rings. The lowest BCUT2D eigenvalue weighted by Crippen LogP contribution is -2.42. The van der Waals surface area contributed by atoms with Crippen LogP contribution in [-0.2, 0) is 4.79 Å². The van der Waals surface area contributed by atoms with Crippen molar-refractivity contribution in [3.63, 3.8) is 0 Å². The fourth-order valence-electron chi connectivity index (χ4n) is 4.60. The van der Waals surface area contributed by atoms with Gasteiger partial charge in [0.15, 0.2) is 0 Å². The summed E-state index contributed by atoms with van der Waals surface area (Å²) in [7, 11) is 0. The highest BCUT2D eigenvalue weighted by atomic mass is 16.4. The lowest BCUT2D eigenvalue weighted by atomic mass is 9.74. The van der Waals surface area contributed by atoms with Crippen LogP contribution < -0.4 is 5.11 Å². The highest BCUT2D eigenvalue weighted by Gasteiger charge is 2.30. The van der Waals surface area contributed by atoms with Gasteiger partial charge in [0.05, 0.1) is 0 Å². The molecule has 2 nitrogen and oxygen atoms in total. The topological polar surface area (TPSA) is 40.1 Å². The van der Waals surface area contributed by atoms with Gasteiger partial charge in [-0.05, 0) is 96.3 Å². The molecular weight excluding hydrogens is 416 g/mol. The molecule has 0 atom stereocenters. The van der Waals surface area contributed by atoms with Gasteiger partial charge < -0.3 is 9.90 Å². The summed E-state index contributed by atoms with van der Waals surface area (Å²) >= 11 is 0. The molecule has 0 unspecified atom stereocenters. The Balaban J connectivity index is 4.68. The molecule has 0 aliphatic carbocycles. The predicted molar refractivity (Wildman–Crippen MR) is 149 cm³/mol. The van der Waals surface area contributed by atoms with Crippen LogP contribution in [0.15, 0.2) is 36.5 Å². The number of allylic oxidation sites excluding steroid dienone is 6. The van der Waals surface area contributed by atoms with Crippen LogP contribution in [0.3, 0.4) is 0 Å². The van der Waals surface area contributed by atoms with E-state index in [4.69, 9.17) is 0 Å². The van der Waals surface area contributed by atoms with E-state index in [0.717, 1.165) is 77.0 Å². The Morgan fingerprint density at radius 2 is 0.765 bits per heavy atom. The van der Waals surface area contributed by atoms with Crippen LogP contribution in [0.5, 0.6) is 0 Å². The zero-order valence-electron chi connectivity index (χ0n) is 23.1. The molecular formula is C32H57O2-. The molecule has 0 bridgehead atoms. The smallest absolute Gasteiger partial charge is 0.0476 e. The number of hydrogen-bond donors (Lipinski definition) is 0. The monoisotopic (exact) mass is 473 g/mol. The second kappa shape index (κ2) is 24.8. The Labute approximate surface area is 213 Å². The van der Waals surface area contributed by atoms with Crippen molar-refractivity contribution in [1.29, 1.82) is 0 Å². The van der Waals surface area contributed by atoms with Gasteiger partial charge in [0.25, 0.3) is 0 Å². The fraction of sp³-hybridized carbons (Fsp3) is 0.781. The zero-order valence-corrected chi connectivity index (χ0v) is 23.1. The highest BCUT2D eigenvalue weighted by Crippen LogP contribution is 2.36. The Morgan fingerprint density at radius 3 is 1.00 bits per heavy atom. The molecule has 0 rings (SSSR count). The zero-order chi connectivity index (χ0) is 25.2. The van der Waals surface area contributed by atoms with Crippen molar-refractivity contribution in [3.8, 4) is 0 Å². The van der Waals surface area contributed by atoms with Gasteiger partial charge in [-0.25, -0.2) is 0 Å². The first-order valence-electron chi connectivity index (χ1n) is 14.8. The average Bonchev–Trinajstić information content (AvgIpc) is 2.83. The van der Waals surface area contributed by atoms with Crippen LogP contribution >= 0.6 is 0 Å². The van der Waals surface area contributed by atoms with Crippen LogP contribution in [0.2, 0.25) is 0 Å². The second-order valence-corrected chi connectivity index (χ2v) is 10.1. The van der Waals surface area contributed by atoms with Crippen molar-refractivity contribution in [2.75, 3.05) is 0 Å². The van der Waals surface area contributed by atoms with Gasteiger partial charge in [-0.2, -0.15) is 0 Å². The number of rotatable bonds is 25. The summed E-state index contributed by atoms with van der Waals surface area (Å²) in [6, 6.07) is 0. The Bertz CT molecular complexity index is 465. The van der Waals surface area contributed by atoms with Gasteiger partial charge in [-0.3, -0.25) is 0 Å². The molecule has 0 spiro atoms. The van der Waals surface area contributed by atoms with Crippen LogP contribution in [0.25, 0.3) is 0 Å². The first kappa shape index (κ1) is 32.7. The van der Waals surface area contributed by atoms with Gasteiger partial charge in [-0.1, -0.05) is 95.8 Å². The molecule has 0 fully saturated rings. The first-order valence-corrected chi connectivity index (χ1v) is 14.8. The fourth-order valence-corrected chi connectivity index (χ4v) is 4.60. The maximum atomic E-state index is 12.4. The molecule has 198 valence electrons. The average molecular weight is 474 g/mol. The van der Waals surface area contributed by atoms with Crippen molar-refractivity contribution in [3.05, 3.63) is 36.5 Å². The summed E-state index contributed by atoms with van der Waals surface area (Å²) in [6.45, 7) is 6.69. The number of carbonyl (C=O) groups excluding carboxylic acids is 1. The number of unbranched alkanes of at least 4 members (excludes halogenated alkanes) is 12. The molecule has 0 saturated heterocycles. The van der Waals surface area contributed by atoms with Crippen LogP contribution in [0.4, 0.5) is 0 Å². The summed E-state index contributed by atoms with van der Waals surface area (Å²) < 4.78 is 0. The maximum absolute atomic E-state index is 12.4. The van der Waals surface area contributed by atoms with E-state index in [0.29, 0.717) is 0 Å². The Kier molecular flexibility index (Phi) is 23.8. The predicted octanol–water partition coefficient (Wildman–Crippen LogP) is 9.64. The van der Waals surface area contributed by atoms with Gasteiger partial charge in [0.2, 0.25) is 0 Å². The third-order valence-corrected chi connectivity index (χ3v) is 6.93. The molecule has 0 amide bonds. The quantitative estimate of drug-likeness (QED) is 0.0977. The molecule has 0 aromatic carbocycles. The van der Waals surface area contributed by atoms with Gasteiger partial charge in [-0.15, -0.1) is 0 Å². The van der Waals surface area contributed by atoms with Crippen LogP contribution in [-0.4, -0.2) is 5.97 Å². The number of hydrogen-bond acceptors (Lipinski definition) is 2. The Morgan fingerprint density at radius 1 is 0.500 bits per heavy atom. The van der Waals surface area contributed by atoms with E-state index in [1.165, 1.54) is 57.8 Å². The molecule has 0 heterocycles. The van der Waals surface area contributed by atoms with Crippen molar-refractivity contribution in [1.82, 2.24) is 0 Å². The molecule has 0 aliphatic heterocycles. The van der Waals surface area contributed by atoms with Crippen molar-refractivity contribution < 1.29 is 9.90 Å². The molecule has 0 aromatic heterocycles. The van der Waals surface area contributed by atoms with E-state index >= 15 is 0 Å². The molecule has 0 saturated carbocycles. The third-order valence-electron chi connectivity index (χ3n) is 6.93. The number of carbonyl (C=O) groups is 1. The number of carboxylic acids is 1. The lowest BCUT2D eigenvalue weighted by Gasteiger charge is -2.35. The number of aliphatic carboxylic acids is 1. The van der Waals surface area contributed by atoms with Gasteiger partial charge in [0, 0.05) is 11.4 Å². The minimum atomic E-state index is -0.821. The summed E-state index contributed by atoms with van der Waals surface area (Å²) in [5.74, 6) is -0.821.